The van der Waals surface area contributed by atoms with Crippen LogP contribution >= 0.6 is 0 Å². The summed E-state index contributed by atoms with van der Waals surface area (Å²) in [4.78, 5) is 18.2. The molecular weight excluding hydrogens is 307 g/mol. The fraction of sp³-hybridized carbons (Fsp3) is 0.579. The van der Waals surface area contributed by atoms with Crippen molar-refractivity contribution in [2.24, 2.45) is 5.92 Å². The Bertz CT molecular complexity index is 582. The van der Waals surface area contributed by atoms with Gasteiger partial charge in [-0.15, -0.1) is 0 Å². The Morgan fingerprint density at radius 1 is 1.38 bits per heavy atom. The minimum absolute atomic E-state index is 0.248. The Morgan fingerprint density at radius 2 is 2.04 bits per heavy atom. The molecule has 2 heterocycles. The van der Waals surface area contributed by atoms with E-state index >= 15 is 0 Å². The number of nitrogens with zero attached hydrogens (tertiary/aromatic N) is 2. The van der Waals surface area contributed by atoms with Gasteiger partial charge in [0.15, 0.2) is 0 Å². The zero-order chi connectivity index (χ0) is 17.7. The zero-order valence-corrected chi connectivity index (χ0v) is 15.0. The van der Waals surface area contributed by atoms with Crippen molar-refractivity contribution in [3.8, 4) is 0 Å². The van der Waals surface area contributed by atoms with Gasteiger partial charge < -0.3 is 9.64 Å². The van der Waals surface area contributed by atoms with Crippen LogP contribution in [-0.4, -0.2) is 34.7 Å². The average molecular weight is 334 g/mol. The molecule has 1 aliphatic rings. The Kier molecular flexibility index (Phi) is 5.97. The number of ether oxygens (including phenoxy) is 1. The van der Waals surface area contributed by atoms with Crippen LogP contribution in [0.25, 0.3) is 5.57 Å². The Morgan fingerprint density at radius 3 is 2.54 bits per heavy atom. The third-order valence-electron chi connectivity index (χ3n) is 4.03. The maximum atomic E-state index is 13.1. The van der Waals surface area contributed by atoms with E-state index in [2.05, 4.69) is 18.0 Å². The number of hydrogen-bond acceptors (Lipinski definition) is 3. The third kappa shape index (κ3) is 5.05. The van der Waals surface area contributed by atoms with Crippen LogP contribution in [-0.2, 0) is 4.74 Å². The Hall–Kier alpha value is -1.91. The minimum Gasteiger partial charge on any atom is -0.444 e. The second-order valence-electron chi connectivity index (χ2n) is 7.17. The number of amides is 1. The van der Waals surface area contributed by atoms with E-state index in [1.54, 1.807) is 11.0 Å². The van der Waals surface area contributed by atoms with E-state index in [4.69, 9.17) is 4.74 Å². The van der Waals surface area contributed by atoms with Gasteiger partial charge in [-0.25, -0.2) is 9.18 Å². The summed E-state index contributed by atoms with van der Waals surface area (Å²) in [7, 11) is 0. The molecule has 5 heteroatoms. The fourth-order valence-electron chi connectivity index (χ4n) is 2.95. The van der Waals surface area contributed by atoms with Crippen LogP contribution in [0.15, 0.2) is 24.4 Å². The minimum atomic E-state index is -0.473. The highest BCUT2D eigenvalue weighted by atomic mass is 19.1. The molecule has 1 saturated heterocycles. The standard InChI is InChI=1S/C19H27FN2O2/c1-5-6-16(17-8-7-15(20)13-21-17)14-9-11-22(12-10-14)18(23)24-19(2,3)4/h6-8,13-14H,5,9-12H2,1-4H3/b16-6+. The van der Waals surface area contributed by atoms with E-state index in [0.29, 0.717) is 19.0 Å². The van der Waals surface area contributed by atoms with Crippen LogP contribution in [0.4, 0.5) is 9.18 Å². The zero-order valence-electron chi connectivity index (χ0n) is 15.0. The SMILES string of the molecule is CC/C=C(/c1ccc(F)cn1)C1CCN(C(=O)OC(C)(C)C)CC1. The van der Waals surface area contributed by atoms with Gasteiger partial charge in [0.05, 0.1) is 11.9 Å². The number of allylic oxidation sites excluding steroid dienone is 2. The van der Waals surface area contributed by atoms with E-state index in [1.165, 1.54) is 12.3 Å². The molecule has 1 aromatic heterocycles. The van der Waals surface area contributed by atoms with Crippen LogP contribution in [0, 0.1) is 11.7 Å². The number of halogens is 1. The predicted molar refractivity (Wildman–Crippen MR) is 93.0 cm³/mol. The highest BCUT2D eigenvalue weighted by Crippen LogP contribution is 2.32. The van der Waals surface area contributed by atoms with Gasteiger partial charge in [-0.05, 0) is 63.7 Å². The lowest BCUT2D eigenvalue weighted by atomic mass is 9.86. The van der Waals surface area contributed by atoms with Crippen LogP contribution in [0.5, 0.6) is 0 Å². The molecule has 0 N–H and O–H groups in total. The van der Waals surface area contributed by atoms with Gasteiger partial charge >= 0.3 is 6.09 Å². The monoisotopic (exact) mass is 334 g/mol. The predicted octanol–water partition coefficient (Wildman–Crippen LogP) is 4.66. The summed E-state index contributed by atoms with van der Waals surface area (Å²) >= 11 is 0. The van der Waals surface area contributed by atoms with Gasteiger partial charge in [-0.1, -0.05) is 13.0 Å². The topological polar surface area (TPSA) is 42.4 Å². The number of likely N-dealkylation sites (tertiary alicyclic amines) is 1. The molecule has 0 unspecified atom stereocenters. The molecule has 2 rings (SSSR count). The first-order valence-electron chi connectivity index (χ1n) is 8.60. The molecule has 0 bridgehead atoms. The smallest absolute Gasteiger partial charge is 0.410 e. The quantitative estimate of drug-likeness (QED) is 0.807. The van der Waals surface area contributed by atoms with Crippen molar-refractivity contribution in [2.75, 3.05) is 13.1 Å². The van der Waals surface area contributed by atoms with Gasteiger partial charge in [0.2, 0.25) is 0 Å². The highest BCUT2D eigenvalue weighted by Gasteiger charge is 2.28. The number of carbonyl (C=O) groups is 1. The van der Waals surface area contributed by atoms with Crippen LogP contribution in [0.3, 0.4) is 0 Å². The average Bonchev–Trinajstić information content (AvgIpc) is 2.52. The number of hydrogen-bond donors (Lipinski definition) is 0. The highest BCUT2D eigenvalue weighted by molar-refractivity contribution is 5.69. The summed E-state index contributed by atoms with van der Waals surface area (Å²) in [5, 5.41) is 0. The first-order valence-corrected chi connectivity index (χ1v) is 8.60. The maximum absolute atomic E-state index is 13.1. The van der Waals surface area contributed by atoms with Gasteiger partial charge in [0.1, 0.15) is 11.4 Å². The maximum Gasteiger partial charge on any atom is 0.410 e. The first kappa shape index (κ1) is 18.4. The summed E-state index contributed by atoms with van der Waals surface area (Å²) in [6.07, 6.45) is 5.80. The molecule has 0 saturated carbocycles. The molecule has 24 heavy (non-hydrogen) atoms. The van der Waals surface area contributed by atoms with Crippen LogP contribution in [0.1, 0.15) is 52.7 Å². The lowest BCUT2D eigenvalue weighted by Gasteiger charge is -2.34. The number of piperidine rings is 1. The molecule has 0 aliphatic carbocycles. The molecule has 1 aliphatic heterocycles. The lowest BCUT2D eigenvalue weighted by molar-refractivity contribution is 0.0199. The molecule has 0 atom stereocenters. The van der Waals surface area contributed by atoms with Crippen LogP contribution < -0.4 is 0 Å². The number of rotatable bonds is 3. The number of pyridine rings is 1. The molecule has 1 amide bonds. The Labute approximate surface area is 143 Å². The fourth-order valence-corrected chi connectivity index (χ4v) is 2.95. The van der Waals surface area contributed by atoms with Gasteiger partial charge in [-0.3, -0.25) is 4.98 Å². The van der Waals surface area contributed by atoms with Crippen molar-refractivity contribution in [2.45, 2.75) is 52.6 Å². The molecule has 4 nitrogen and oxygen atoms in total. The van der Waals surface area contributed by atoms with Crippen molar-refractivity contribution in [1.82, 2.24) is 9.88 Å². The summed E-state index contributed by atoms with van der Waals surface area (Å²) < 4.78 is 18.6. The number of carbonyl (C=O) groups excluding carboxylic acids is 1. The van der Waals surface area contributed by atoms with Crippen molar-refractivity contribution in [3.05, 3.63) is 35.9 Å². The van der Waals surface area contributed by atoms with Crippen molar-refractivity contribution in [1.29, 1.82) is 0 Å². The second-order valence-corrected chi connectivity index (χ2v) is 7.17. The van der Waals surface area contributed by atoms with Crippen LogP contribution in [0.2, 0.25) is 0 Å². The summed E-state index contributed by atoms with van der Waals surface area (Å²) in [5.41, 5.74) is 1.51. The number of aromatic nitrogens is 1. The van der Waals surface area contributed by atoms with E-state index < -0.39 is 5.60 Å². The molecular formula is C19H27FN2O2. The summed E-state index contributed by atoms with van der Waals surface area (Å²) in [5.74, 6) is 0.0101. The lowest BCUT2D eigenvalue weighted by Crippen LogP contribution is -2.41. The second kappa shape index (κ2) is 7.77. The molecule has 0 radical (unpaired) electrons. The van der Waals surface area contributed by atoms with E-state index in [1.807, 2.05) is 20.8 Å². The van der Waals surface area contributed by atoms with Crippen molar-refractivity contribution in [3.63, 3.8) is 0 Å². The molecule has 132 valence electrons. The third-order valence-corrected chi connectivity index (χ3v) is 4.03. The summed E-state index contributed by atoms with van der Waals surface area (Å²) in [6, 6.07) is 3.18. The molecule has 0 aromatic carbocycles. The van der Waals surface area contributed by atoms with E-state index in [9.17, 15) is 9.18 Å². The van der Waals surface area contributed by atoms with Gasteiger partial charge in [0.25, 0.3) is 0 Å². The first-order chi connectivity index (χ1) is 11.3. The molecule has 1 aromatic rings. The summed E-state index contributed by atoms with van der Waals surface area (Å²) in [6.45, 7) is 9.04. The van der Waals surface area contributed by atoms with Gasteiger partial charge in [-0.2, -0.15) is 0 Å². The van der Waals surface area contributed by atoms with Gasteiger partial charge in [0, 0.05) is 13.1 Å². The molecule has 0 spiro atoms. The van der Waals surface area contributed by atoms with Crippen molar-refractivity contribution >= 4 is 11.7 Å². The molecule has 1 fully saturated rings. The normalized spacial score (nSPS) is 17.0. The van der Waals surface area contributed by atoms with Crippen molar-refractivity contribution < 1.29 is 13.9 Å². The largest absolute Gasteiger partial charge is 0.444 e. The van der Waals surface area contributed by atoms with E-state index in [0.717, 1.165) is 30.5 Å². The van der Waals surface area contributed by atoms with E-state index in [-0.39, 0.29) is 11.9 Å². The Balaban J connectivity index is 2.02.